The predicted molar refractivity (Wildman–Crippen MR) is 112 cm³/mol. The van der Waals surface area contributed by atoms with Crippen molar-refractivity contribution in [3.63, 3.8) is 0 Å². The number of amides is 1. The molecule has 7 nitrogen and oxygen atoms in total. The molecule has 0 atom stereocenters. The molecular weight excluding hydrogens is 378 g/mol. The SMILES string of the molecule is Cc1ccc2c(c1O)CCN(C(=O)c1nc(-c3ccncn3)nc3ccccc13)C2. The van der Waals surface area contributed by atoms with Crippen LogP contribution in [0.2, 0.25) is 0 Å². The molecule has 0 saturated carbocycles. The predicted octanol–water partition coefficient (Wildman–Crippen LogP) is 3.30. The Hall–Kier alpha value is -3.87. The summed E-state index contributed by atoms with van der Waals surface area (Å²) in [5.41, 5.74) is 4.35. The number of carbonyl (C=O) groups is 1. The Bertz CT molecular complexity index is 1270. The summed E-state index contributed by atoms with van der Waals surface area (Å²) in [6.45, 7) is 2.84. The summed E-state index contributed by atoms with van der Waals surface area (Å²) in [5, 5.41) is 11.1. The number of benzene rings is 2. The van der Waals surface area contributed by atoms with Gasteiger partial charge in [0.05, 0.1) is 5.52 Å². The molecule has 7 heteroatoms. The quantitative estimate of drug-likeness (QED) is 0.558. The van der Waals surface area contributed by atoms with Crippen LogP contribution in [-0.2, 0) is 13.0 Å². The summed E-state index contributed by atoms with van der Waals surface area (Å²) in [6.07, 6.45) is 3.67. The van der Waals surface area contributed by atoms with E-state index in [-0.39, 0.29) is 5.91 Å². The summed E-state index contributed by atoms with van der Waals surface area (Å²) < 4.78 is 0. The van der Waals surface area contributed by atoms with E-state index in [1.165, 1.54) is 6.33 Å². The van der Waals surface area contributed by atoms with Crippen LogP contribution in [0.15, 0.2) is 55.0 Å². The van der Waals surface area contributed by atoms with Gasteiger partial charge in [-0.25, -0.2) is 19.9 Å². The third kappa shape index (κ3) is 3.04. The molecule has 0 aliphatic carbocycles. The van der Waals surface area contributed by atoms with Crippen LogP contribution in [0.1, 0.15) is 27.2 Å². The van der Waals surface area contributed by atoms with Crippen LogP contribution in [-0.4, -0.2) is 42.4 Å². The van der Waals surface area contributed by atoms with Crippen molar-refractivity contribution in [3.05, 3.63) is 77.4 Å². The Kier molecular flexibility index (Phi) is 4.35. The average Bonchev–Trinajstić information content (AvgIpc) is 2.80. The summed E-state index contributed by atoms with van der Waals surface area (Å²) in [6, 6.07) is 13.1. The van der Waals surface area contributed by atoms with Crippen molar-refractivity contribution in [2.24, 2.45) is 0 Å². The molecule has 148 valence electrons. The lowest BCUT2D eigenvalue weighted by atomic mass is 9.96. The van der Waals surface area contributed by atoms with Gasteiger partial charge in [-0.05, 0) is 36.6 Å². The number of para-hydroxylation sites is 1. The lowest BCUT2D eigenvalue weighted by Crippen LogP contribution is -2.36. The number of hydrogen-bond acceptors (Lipinski definition) is 6. The average molecular weight is 397 g/mol. The zero-order valence-electron chi connectivity index (χ0n) is 16.4. The van der Waals surface area contributed by atoms with Gasteiger partial charge in [0.15, 0.2) is 5.82 Å². The Morgan fingerprint density at radius 1 is 1.10 bits per heavy atom. The molecule has 1 N–H and O–H groups in total. The largest absolute Gasteiger partial charge is 0.507 e. The van der Waals surface area contributed by atoms with E-state index >= 15 is 0 Å². The van der Waals surface area contributed by atoms with Crippen LogP contribution in [0.25, 0.3) is 22.4 Å². The Balaban J connectivity index is 1.57. The zero-order valence-corrected chi connectivity index (χ0v) is 16.4. The van der Waals surface area contributed by atoms with Crippen molar-refractivity contribution in [2.75, 3.05) is 6.54 Å². The van der Waals surface area contributed by atoms with Crippen molar-refractivity contribution >= 4 is 16.8 Å². The van der Waals surface area contributed by atoms with Crippen LogP contribution in [0.5, 0.6) is 5.75 Å². The lowest BCUT2D eigenvalue weighted by Gasteiger charge is -2.29. The van der Waals surface area contributed by atoms with Crippen molar-refractivity contribution in [2.45, 2.75) is 19.9 Å². The van der Waals surface area contributed by atoms with E-state index in [1.54, 1.807) is 17.2 Å². The molecule has 1 aliphatic heterocycles. The molecule has 0 saturated heterocycles. The van der Waals surface area contributed by atoms with E-state index in [0.717, 1.165) is 16.7 Å². The van der Waals surface area contributed by atoms with Gasteiger partial charge in [0, 0.05) is 30.2 Å². The molecule has 3 heterocycles. The van der Waals surface area contributed by atoms with Crippen LogP contribution in [0, 0.1) is 6.92 Å². The maximum absolute atomic E-state index is 13.5. The van der Waals surface area contributed by atoms with Crippen molar-refractivity contribution in [3.8, 4) is 17.3 Å². The number of rotatable bonds is 2. The van der Waals surface area contributed by atoms with Gasteiger partial charge in [0.2, 0.25) is 0 Å². The third-order valence-corrected chi connectivity index (χ3v) is 5.48. The number of aromatic hydroxyl groups is 1. The van der Waals surface area contributed by atoms with Gasteiger partial charge < -0.3 is 10.0 Å². The van der Waals surface area contributed by atoms with Gasteiger partial charge >= 0.3 is 0 Å². The van der Waals surface area contributed by atoms with Crippen molar-refractivity contribution in [1.82, 2.24) is 24.8 Å². The highest BCUT2D eigenvalue weighted by Gasteiger charge is 2.27. The summed E-state index contributed by atoms with van der Waals surface area (Å²) in [7, 11) is 0. The number of phenols is 1. The van der Waals surface area contributed by atoms with Crippen LogP contribution >= 0.6 is 0 Å². The minimum absolute atomic E-state index is 0.158. The number of aryl methyl sites for hydroxylation is 1. The molecular formula is C23H19N5O2. The maximum atomic E-state index is 13.5. The number of aromatic nitrogens is 4. The number of nitrogens with zero attached hydrogens (tertiary/aromatic N) is 5. The van der Waals surface area contributed by atoms with Gasteiger partial charge in [-0.2, -0.15) is 0 Å². The highest BCUT2D eigenvalue weighted by atomic mass is 16.3. The molecule has 5 rings (SSSR count). The monoisotopic (exact) mass is 397 g/mol. The molecule has 4 aromatic rings. The van der Waals surface area contributed by atoms with Gasteiger partial charge in [0.1, 0.15) is 23.5 Å². The minimum atomic E-state index is -0.158. The summed E-state index contributed by atoms with van der Waals surface area (Å²) in [4.78, 5) is 32.6. The molecule has 2 aromatic heterocycles. The molecule has 1 amide bonds. The second-order valence-electron chi connectivity index (χ2n) is 7.35. The molecule has 0 bridgehead atoms. The van der Waals surface area contributed by atoms with E-state index < -0.39 is 0 Å². The first kappa shape index (κ1) is 18.2. The van der Waals surface area contributed by atoms with Gasteiger partial charge in [-0.3, -0.25) is 4.79 Å². The first-order valence-corrected chi connectivity index (χ1v) is 9.74. The summed E-state index contributed by atoms with van der Waals surface area (Å²) >= 11 is 0. The number of fused-ring (bicyclic) bond motifs is 2. The van der Waals surface area contributed by atoms with E-state index in [0.29, 0.717) is 53.4 Å². The first-order chi connectivity index (χ1) is 14.6. The van der Waals surface area contributed by atoms with Crippen molar-refractivity contribution < 1.29 is 9.90 Å². The fourth-order valence-electron chi connectivity index (χ4n) is 3.85. The Labute approximate surface area is 173 Å². The molecule has 1 aliphatic rings. The second-order valence-corrected chi connectivity index (χ2v) is 7.35. The normalized spacial score (nSPS) is 13.3. The fourth-order valence-corrected chi connectivity index (χ4v) is 3.85. The van der Waals surface area contributed by atoms with Crippen LogP contribution in [0.4, 0.5) is 0 Å². The molecule has 2 aromatic carbocycles. The number of hydrogen-bond donors (Lipinski definition) is 1. The minimum Gasteiger partial charge on any atom is -0.507 e. The topological polar surface area (TPSA) is 92.1 Å². The van der Waals surface area contributed by atoms with Gasteiger partial charge in [-0.15, -0.1) is 0 Å². The summed E-state index contributed by atoms with van der Waals surface area (Å²) in [5.74, 6) is 0.567. The lowest BCUT2D eigenvalue weighted by molar-refractivity contribution is 0.0730. The third-order valence-electron chi connectivity index (χ3n) is 5.48. The fraction of sp³-hybridized carbons (Fsp3) is 0.174. The van der Waals surface area contributed by atoms with Gasteiger partial charge in [-0.1, -0.05) is 30.3 Å². The maximum Gasteiger partial charge on any atom is 0.273 e. The standard InChI is InChI=1S/C23H19N5O2/c1-14-6-7-15-12-28(11-9-16(15)21(14)29)23(30)20-17-4-2-3-5-18(17)26-22(27-20)19-8-10-24-13-25-19/h2-8,10,13,29H,9,11-12H2,1H3. The zero-order chi connectivity index (χ0) is 20.7. The molecule has 0 fully saturated rings. The molecule has 0 spiro atoms. The van der Waals surface area contributed by atoms with Crippen LogP contribution in [0.3, 0.4) is 0 Å². The first-order valence-electron chi connectivity index (χ1n) is 9.74. The molecule has 0 radical (unpaired) electrons. The van der Waals surface area contributed by atoms with E-state index in [2.05, 4.69) is 19.9 Å². The second kappa shape index (κ2) is 7.18. The highest BCUT2D eigenvalue weighted by molar-refractivity contribution is 6.04. The highest BCUT2D eigenvalue weighted by Crippen LogP contribution is 2.31. The van der Waals surface area contributed by atoms with E-state index in [9.17, 15) is 9.90 Å². The number of carbonyl (C=O) groups excluding carboxylic acids is 1. The number of phenolic OH excluding ortho intramolecular Hbond substituents is 1. The van der Waals surface area contributed by atoms with Crippen molar-refractivity contribution in [1.29, 1.82) is 0 Å². The molecule has 0 unspecified atom stereocenters. The van der Waals surface area contributed by atoms with E-state index in [4.69, 9.17) is 0 Å². The molecule has 30 heavy (non-hydrogen) atoms. The smallest absolute Gasteiger partial charge is 0.273 e. The Morgan fingerprint density at radius 3 is 2.80 bits per heavy atom. The van der Waals surface area contributed by atoms with Gasteiger partial charge in [0.25, 0.3) is 5.91 Å². The van der Waals surface area contributed by atoms with E-state index in [1.807, 2.05) is 43.3 Å². The Morgan fingerprint density at radius 2 is 1.97 bits per heavy atom. The van der Waals surface area contributed by atoms with Crippen LogP contribution < -0.4 is 0 Å².